The summed E-state index contributed by atoms with van der Waals surface area (Å²) in [7, 11) is 5.19. The van der Waals surface area contributed by atoms with Crippen LogP contribution in [0.2, 0.25) is 0 Å². The first-order chi connectivity index (χ1) is 14.7. The van der Waals surface area contributed by atoms with Crippen molar-refractivity contribution in [2.75, 3.05) is 21.3 Å². The third-order valence-electron chi connectivity index (χ3n) is 4.96. The van der Waals surface area contributed by atoms with E-state index in [0.717, 1.165) is 28.2 Å². The highest BCUT2D eigenvalue weighted by atomic mass is 16.5. The number of rotatable bonds is 5. The molecule has 0 spiro atoms. The Morgan fingerprint density at radius 3 is 2.00 bits per heavy atom. The van der Waals surface area contributed by atoms with Crippen LogP contribution in [0.1, 0.15) is 5.56 Å². The normalized spacial score (nSPS) is 16.3. The molecule has 4 rings (SSSR count). The maximum atomic E-state index is 5.36. The molecule has 0 bridgehead atoms. The lowest BCUT2D eigenvalue weighted by atomic mass is 9.98. The van der Waals surface area contributed by atoms with Gasteiger partial charge < -0.3 is 14.8 Å². The Labute approximate surface area is 178 Å². The summed E-state index contributed by atoms with van der Waals surface area (Å²) < 4.78 is 10.6. The average molecular weight is 401 g/mol. The molecule has 0 saturated carbocycles. The predicted molar refractivity (Wildman–Crippen MR) is 126 cm³/mol. The Kier molecular flexibility index (Phi) is 7.30. The minimum absolute atomic E-state index is 0.0936. The van der Waals surface area contributed by atoms with E-state index >= 15 is 0 Å². The van der Waals surface area contributed by atoms with Crippen LogP contribution in [0.3, 0.4) is 0 Å². The van der Waals surface area contributed by atoms with E-state index in [-0.39, 0.29) is 6.17 Å². The lowest BCUT2D eigenvalue weighted by molar-refractivity contribution is 0.355. The molecule has 1 heterocycles. The maximum absolute atomic E-state index is 5.36. The molecule has 4 nitrogen and oxygen atoms in total. The summed E-state index contributed by atoms with van der Waals surface area (Å²) >= 11 is 0. The van der Waals surface area contributed by atoms with Gasteiger partial charge in [0.1, 0.15) is 6.17 Å². The molecular weight excluding hydrogens is 372 g/mol. The molecule has 0 radical (unpaired) electrons. The fraction of sp³-hybridized carbons (Fsp3) is 0.154. The number of hydrogen-bond donors (Lipinski definition) is 2. The van der Waals surface area contributed by atoms with Crippen LogP contribution < -0.4 is 20.1 Å². The fourth-order valence-corrected chi connectivity index (χ4v) is 3.43. The molecule has 3 aromatic rings. The standard InChI is InChI=1S/C16H20N2O2.C10H8/c1-5-6-12-13(10-18-16(12)17-2)11-7-8-14(19-3)15(9-11)20-4;1-2-6-10-8-4-3-7-9(10)5-1/h5-10,16-18H,1H2,2-4H3;1-8H/b12-6-;. The Morgan fingerprint density at radius 1 is 0.900 bits per heavy atom. The van der Waals surface area contributed by atoms with Crippen LogP contribution >= 0.6 is 0 Å². The van der Waals surface area contributed by atoms with Crippen molar-refractivity contribution < 1.29 is 9.47 Å². The van der Waals surface area contributed by atoms with Crippen molar-refractivity contribution in [1.82, 2.24) is 10.6 Å². The molecule has 0 saturated heterocycles. The van der Waals surface area contributed by atoms with E-state index in [4.69, 9.17) is 9.47 Å². The fourth-order valence-electron chi connectivity index (χ4n) is 3.43. The SMILES string of the molecule is C=C/C=C1/C(c2ccc(OC)c(OC)c2)=CNC1NC.c1ccc2ccccc2c1. The van der Waals surface area contributed by atoms with Crippen molar-refractivity contribution >= 4 is 16.3 Å². The summed E-state index contributed by atoms with van der Waals surface area (Å²) in [5.74, 6) is 1.44. The maximum Gasteiger partial charge on any atom is 0.161 e. The van der Waals surface area contributed by atoms with Gasteiger partial charge in [0.2, 0.25) is 0 Å². The van der Waals surface area contributed by atoms with Gasteiger partial charge in [0.05, 0.1) is 14.2 Å². The van der Waals surface area contributed by atoms with Gasteiger partial charge in [-0.25, -0.2) is 0 Å². The van der Waals surface area contributed by atoms with Gasteiger partial charge in [0.25, 0.3) is 0 Å². The van der Waals surface area contributed by atoms with E-state index in [1.165, 1.54) is 10.8 Å². The van der Waals surface area contributed by atoms with Gasteiger partial charge in [-0.15, -0.1) is 0 Å². The second-order valence-electron chi connectivity index (χ2n) is 6.72. The van der Waals surface area contributed by atoms with Crippen LogP contribution in [-0.2, 0) is 0 Å². The van der Waals surface area contributed by atoms with Gasteiger partial charge in [0, 0.05) is 11.8 Å². The molecule has 0 amide bonds. The summed E-state index contributed by atoms with van der Waals surface area (Å²) in [5.41, 5.74) is 3.33. The Balaban J connectivity index is 0.000000212. The van der Waals surface area contributed by atoms with Crippen molar-refractivity contribution in [2.24, 2.45) is 0 Å². The number of ether oxygens (including phenoxy) is 2. The average Bonchev–Trinajstić information content (AvgIpc) is 3.22. The number of likely N-dealkylation sites (N-methyl/N-ethyl adjacent to an activating group) is 1. The van der Waals surface area contributed by atoms with Crippen molar-refractivity contribution in [2.45, 2.75) is 6.17 Å². The zero-order chi connectivity index (χ0) is 21.3. The van der Waals surface area contributed by atoms with Gasteiger partial charge >= 0.3 is 0 Å². The van der Waals surface area contributed by atoms with Crippen LogP contribution in [-0.4, -0.2) is 27.4 Å². The first-order valence-electron chi connectivity index (χ1n) is 9.84. The zero-order valence-electron chi connectivity index (χ0n) is 17.7. The molecule has 0 aromatic heterocycles. The van der Waals surface area contributed by atoms with Gasteiger partial charge in [-0.2, -0.15) is 0 Å². The summed E-state index contributed by atoms with van der Waals surface area (Å²) in [6.45, 7) is 3.78. The third-order valence-corrected chi connectivity index (χ3v) is 4.96. The first-order valence-corrected chi connectivity index (χ1v) is 9.84. The van der Waals surface area contributed by atoms with Gasteiger partial charge in [0.15, 0.2) is 11.5 Å². The topological polar surface area (TPSA) is 42.5 Å². The molecule has 0 aliphatic carbocycles. The number of nitrogens with one attached hydrogen (secondary N) is 2. The quantitative estimate of drug-likeness (QED) is 0.622. The molecule has 1 unspecified atom stereocenters. The third kappa shape index (κ3) is 4.73. The van der Waals surface area contributed by atoms with Crippen molar-refractivity contribution in [1.29, 1.82) is 0 Å². The molecule has 0 fully saturated rings. The lowest BCUT2D eigenvalue weighted by Gasteiger charge is -2.15. The zero-order valence-corrected chi connectivity index (χ0v) is 17.7. The van der Waals surface area contributed by atoms with Crippen LogP contribution in [0.15, 0.2) is 97.2 Å². The van der Waals surface area contributed by atoms with E-state index < -0.39 is 0 Å². The number of fused-ring (bicyclic) bond motifs is 1. The number of methoxy groups -OCH3 is 2. The lowest BCUT2D eigenvalue weighted by Crippen LogP contribution is -2.34. The van der Waals surface area contributed by atoms with Gasteiger partial charge in [-0.05, 0) is 41.1 Å². The molecule has 30 heavy (non-hydrogen) atoms. The highest BCUT2D eigenvalue weighted by Gasteiger charge is 2.22. The summed E-state index contributed by atoms with van der Waals surface area (Å²) in [6, 6.07) is 22.6. The van der Waals surface area contributed by atoms with Crippen LogP contribution in [0, 0.1) is 0 Å². The Morgan fingerprint density at radius 2 is 1.50 bits per heavy atom. The highest BCUT2D eigenvalue weighted by molar-refractivity contribution is 5.83. The predicted octanol–water partition coefficient (Wildman–Crippen LogP) is 5.15. The molecule has 2 N–H and O–H groups in total. The smallest absolute Gasteiger partial charge is 0.161 e. The van der Waals surface area contributed by atoms with E-state index in [1.54, 1.807) is 20.3 Å². The second-order valence-corrected chi connectivity index (χ2v) is 6.72. The molecule has 154 valence electrons. The van der Waals surface area contributed by atoms with Crippen molar-refractivity contribution in [3.05, 3.63) is 103 Å². The summed E-state index contributed by atoms with van der Waals surface area (Å²) in [6.07, 6.45) is 5.89. The van der Waals surface area contributed by atoms with Gasteiger partial charge in [-0.1, -0.05) is 73.3 Å². The van der Waals surface area contributed by atoms with E-state index in [0.29, 0.717) is 0 Å². The molecule has 1 aliphatic heterocycles. The first kappa shape index (κ1) is 21.2. The van der Waals surface area contributed by atoms with Gasteiger partial charge in [-0.3, -0.25) is 5.32 Å². The minimum atomic E-state index is 0.0936. The Hall–Kier alpha value is -3.50. The largest absolute Gasteiger partial charge is 0.493 e. The minimum Gasteiger partial charge on any atom is -0.493 e. The number of hydrogen-bond acceptors (Lipinski definition) is 4. The van der Waals surface area contributed by atoms with Crippen LogP contribution in [0.5, 0.6) is 11.5 Å². The molecule has 1 aliphatic rings. The van der Waals surface area contributed by atoms with Crippen LogP contribution in [0.4, 0.5) is 0 Å². The monoisotopic (exact) mass is 400 g/mol. The molecule has 4 heteroatoms. The summed E-state index contributed by atoms with van der Waals surface area (Å²) in [5, 5.41) is 9.13. The number of benzene rings is 3. The molecule has 1 atom stereocenters. The highest BCUT2D eigenvalue weighted by Crippen LogP contribution is 2.35. The summed E-state index contributed by atoms with van der Waals surface area (Å²) in [4.78, 5) is 0. The number of allylic oxidation sites excluding steroid dienone is 2. The molecule has 3 aromatic carbocycles. The second kappa shape index (κ2) is 10.3. The van der Waals surface area contributed by atoms with E-state index in [9.17, 15) is 0 Å². The Bertz CT molecular complexity index is 1000. The van der Waals surface area contributed by atoms with E-state index in [1.807, 2.05) is 37.5 Å². The van der Waals surface area contributed by atoms with Crippen molar-refractivity contribution in [3.63, 3.8) is 0 Å². The van der Waals surface area contributed by atoms with Crippen LogP contribution in [0.25, 0.3) is 16.3 Å². The van der Waals surface area contributed by atoms with E-state index in [2.05, 4.69) is 65.7 Å². The molecular formula is C26H28N2O2. The van der Waals surface area contributed by atoms with Crippen molar-refractivity contribution in [3.8, 4) is 11.5 Å².